The van der Waals surface area contributed by atoms with Gasteiger partial charge in [0.25, 0.3) is 5.91 Å². The minimum Gasteiger partial charge on any atom is -0.384 e. The molecule has 4 rings (SSSR count). The fourth-order valence-corrected chi connectivity index (χ4v) is 5.22. The fourth-order valence-electron chi connectivity index (χ4n) is 5.22. The lowest BCUT2D eigenvalue weighted by Gasteiger charge is -2.23. The van der Waals surface area contributed by atoms with Gasteiger partial charge in [0.05, 0.1) is 17.5 Å². The Morgan fingerprint density at radius 2 is 1.95 bits per heavy atom. The molecule has 4 N–H and O–H groups in total. The van der Waals surface area contributed by atoms with Gasteiger partial charge in [-0.3, -0.25) is 19.3 Å². The lowest BCUT2D eigenvalue weighted by atomic mass is 10.00. The third-order valence-electron chi connectivity index (χ3n) is 7.35. The van der Waals surface area contributed by atoms with E-state index in [1.165, 1.54) is 13.5 Å². The number of likely N-dealkylation sites (N-methyl/N-ethyl adjacent to an activating group) is 1. The highest BCUT2D eigenvalue weighted by molar-refractivity contribution is 6.01. The van der Waals surface area contributed by atoms with Crippen LogP contribution in [0.2, 0.25) is 0 Å². The molecule has 3 aromatic rings. The van der Waals surface area contributed by atoms with E-state index >= 15 is 0 Å². The zero-order valence-corrected chi connectivity index (χ0v) is 22.1. The first-order valence-electron chi connectivity index (χ1n) is 12.9. The lowest BCUT2D eigenvalue weighted by Crippen LogP contribution is -2.40. The molecule has 196 valence electrons. The minimum absolute atomic E-state index is 0.0250. The number of likely N-dealkylation sites (tertiary alicyclic amines) is 1. The summed E-state index contributed by atoms with van der Waals surface area (Å²) in [6.45, 7) is 9.30. The number of nitrogens with one attached hydrogen (secondary N) is 2. The summed E-state index contributed by atoms with van der Waals surface area (Å²) < 4.78 is 1.68. The molecule has 37 heavy (non-hydrogen) atoms. The number of anilines is 1. The molecule has 0 saturated carbocycles. The van der Waals surface area contributed by atoms with Gasteiger partial charge < -0.3 is 20.9 Å². The molecule has 1 aliphatic heterocycles. The number of carbonyl (C=O) groups is 2. The van der Waals surface area contributed by atoms with Crippen LogP contribution in [0.25, 0.3) is 22.3 Å². The van der Waals surface area contributed by atoms with Gasteiger partial charge in [-0.2, -0.15) is 0 Å². The van der Waals surface area contributed by atoms with Crippen LogP contribution < -0.4 is 21.8 Å². The number of nitrogen functional groups attached to an aromatic ring is 1. The lowest BCUT2D eigenvalue weighted by molar-refractivity contribution is -0.120. The summed E-state index contributed by atoms with van der Waals surface area (Å²) in [5.41, 5.74) is 9.66. The van der Waals surface area contributed by atoms with Gasteiger partial charge in [-0.05, 0) is 69.1 Å². The van der Waals surface area contributed by atoms with E-state index in [0.29, 0.717) is 42.3 Å². The standard InChI is InChI=1S/C28H36N6O3/c1-5-33-13-7-8-20(33)16-31-23(35)15-18-9-10-19(14-17(18)3)22-12-11-21-25(36)24(28(37)30-4)26(29)34(6-2)27(21)32-22/h9-12,14,20H,5-8,13,15-16,29H2,1-4H3,(H,30,37)(H,31,35). The van der Waals surface area contributed by atoms with E-state index in [-0.39, 0.29) is 17.3 Å². The van der Waals surface area contributed by atoms with Crippen molar-refractivity contribution in [3.63, 3.8) is 0 Å². The van der Waals surface area contributed by atoms with Crippen molar-refractivity contribution < 1.29 is 9.59 Å². The molecule has 1 atom stereocenters. The molecule has 9 nitrogen and oxygen atoms in total. The van der Waals surface area contributed by atoms with Crippen LogP contribution in [0.1, 0.15) is 48.2 Å². The van der Waals surface area contributed by atoms with Crippen molar-refractivity contribution in [3.05, 3.63) is 57.2 Å². The van der Waals surface area contributed by atoms with Crippen LogP contribution in [-0.4, -0.2) is 59.0 Å². The molecule has 1 unspecified atom stereocenters. The van der Waals surface area contributed by atoms with Gasteiger partial charge >= 0.3 is 0 Å². The number of amides is 2. The summed E-state index contributed by atoms with van der Waals surface area (Å²) >= 11 is 0. The zero-order chi connectivity index (χ0) is 26.7. The quantitative estimate of drug-likeness (QED) is 0.433. The molecule has 0 spiro atoms. The van der Waals surface area contributed by atoms with Crippen molar-refractivity contribution >= 4 is 28.7 Å². The van der Waals surface area contributed by atoms with E-state index in [4.69, 9.17) is 10.7 Å². The predicted octanol–water partition coefficient (Wildman–Crippen LogP) is 2.48. The van der Waals surface area contributed by atoms with Crippen molar-refractivity contribution in [1.29, 1.82) is 0 Å². The summed E-state index contributed by atoms with van der Waals surface area (Å²) in [5, 5.41) is 5.93. The second kappa shape index (κ2) is 11.1. The normalized spacial score (nSPS) is 15.7. The molecule has 1 saturated heterocycles. The highest BCUT2D eigenvalue weighted by Crippen LogP contribution is 2.25. The Morgan fingerprint density at radius 3 is 2.62 bits per heavy atom. The van der Waals surface area contributed by atoms with Crippen LogP contribution in [0.15, 0.2) is 35.1 Å². The number of rotatable bonds is 8. The molecule has 2 aromatic heterocycles. The summed E-state index contributed by atoms with van der Waals surface area (Å²) in [4.78, 5) is 45.1. The minimum atomic E-state index is -0.517. The molecule has 1 aliphatic rings. The fraction of sp³-hybridized carbons (Fsp3) is 0.429. The van der Waals surface area contributed by atoms with Crippen LogP contribution >= 0.6 is 0 Å². The molecule has 3 heterocycles. The van der Waals surface area contributed by atoms with E-state index in [2.05, 4.69) is 22.5 Å². The Balaban J connectivity index is 1.57. The van der Waals surface area contributed by atoms with Crippen LogP contribution in [0.5, 0.6) is 0 Å². The maximum absolute atomic E-state index is 13.0. The molecule has 0 aliphatic carbocycles. The molecule has 9 heteroatoms. The van der Waals surface area contributed by atoms with E-state index in [1.54, 1.807) is 16.7 Å². The maximum Gasteiger partial charge on any atom is 0.258 e. The van der Waals surface area contributed by atoms with Crippen molar-refractivity contribution in [2.75, 3.05) is 32.4 Å². The van der Waals surface area contributed by atoms with Gasteiger partial charge in [0.2, 0.25) is 11.3 Å². The van der Waals surface area contributed by atoms with E-state index in [1.807, 2.05) is 32.0 Å². The average molecular weight is 505 g/mol. The number of nitrogens with two attached hydrogens (primary N) is 1. The van der Waals surface area contributed by atoms with Crippen LogP contribution in [-0.2, 0) is 17.8 Å². The summed E-state index contributed by atoms with van der Waals surface area (Å²) in [7, 11) is 1.47. The van der Waals surface area contributed by atoms with E-state index in [9.17, 15) is 14.4 Å². The van der Waals surface area contributed by atoms with Gasteiger partial charge in [0.1, 0.15) is 17.0 Å². The van der Waals surface area contributed by atoms with Gasteiger partial charge in [-0.1, -0.05) is 19.1 Å². The Hall–Kier alpha value is -3.72. The van der Waals surface area contributed by atoms with E-state index < -0.39 is 11.3 Å². The number of nitrogens with zero attached hydrogens (tertiary/aromatic N) is 3. The topological polar surface area (TPSA) is 122 Å². The third kappa shape index (κ3) is 5.22. The summed E-state index contributed by atoms with van der Waals surface area (Å²) in [6, 6.07) is 9.80. The van der Waals surface area contributed by atoms with Crippen molar-refractivity contribution in [2.45, 2.75) is 52.6 Å². The number of pyridine rings is 2. The molecule has 1 aromatic carbocycles. The number of hydrogen-bond donors (Lipinski definition) is 3. The number of fused-ring (bicyclic) bond motifs is 1. The number of benzene rings is 1. The van der Waals surface area contributed by atoms with Gasteiger partial charge in [-0.25, -0.2) is 4.98 Å². The molecule has 2 amide bonds. The Labute approximate surface area is 217 Å². The second-order valence-electron chi connectivity index (χ2n) is 9.53. The first kappa shape index (κ1) is 26.3. The Kier molecular flexibility index (Phi) is 7.92. The molecule has 0 radical (unpaired) electrons. The average Bonchev–Trinajstić information content (AvgIpc) is 3.36. The van der Waals surface area contributed by atoms with E-state index in [0.717, 1.165) is 36.2 Å². The van der Waals surface area contributed by atoms with Crippen molar-refractivity contribution in [1.82, 2.24) is 25.1 Å². The monoisotopic (exact) mass is 504 g/mol. The molecular weight excluding hydrogens is 468 g/mol. The van der Waals surface area contributed by atoms with Crippen molar-refractivity contribution in [3.8, 4) is 11.3 Å². The SMILES string of the molecule is CCN1CCCC1CNC(=O)Cc1ccc(-c2ccc3c(=O)c(C(=O)NC)c(N)n(CC)c3n2)cc1C. The Bertz CT molecular complexity index is 1400. The van der Waals surface area contributed by atoms with Crippen LogP contribution in [0.4, 0.5) is 5.82 Å². The zero-order valence-electron chi connectivity index (χ0n) is 22.1. The molecular formula is C28H36N6O3. The largest absolute Gasteiger partial charge is 0.384 e. The van der Waals surface area contributed by atoms with Gasteiger partial charge in [0, 0.05) is 31.7 Å². The number of hydrogen-bond acceptors (Lipinski definition) is 6. The van der Waals surface area contributed by atoms with Crippen molar-refractivity contribution in [2.24, 2.45) is 0 Å². The smallest absolute Gasteiger partial charge is 0.258 e. The predicted molar refractivity (Wildman–Crippen MR) is 147 cm³/mol. The third-order valence-corrected chi connectivity index (χ3v) is 7.35. The summed E-state index contributed by atoms with van der Waals surface area (Å²) in [5.74, 6) is -0.393. The van der Waals surface area contributed by atoms with Gasteiger partial charge in [-0.15, -0.1) is 0 Å². The number of aryl methyl sites for hydroxylation is 2. The number of aromatic nitrogens is 2. The molecule has 0 bridgehead atoms. The molecule has 1 fully saturated rings. The number of carbonyl (C=O) groups excluding carboxylic acids is 2. The first-order valence-corrected chi connectivity index (χ1v) is 12.9. The van der Waals surface area contributed by atoms with Gasteiger partial charge in [0.15, 0.2) is 0 Å². The Morgan fingerprint density at radius 1 is 1.16 bits per heavy atom. The van der Waals surface area contributed by atoms with Crippen LogP contribution in [0.3, 0.4) is 0 Å². The van der Waals surface area contributed by atoms with Crippen LogP contribution in [0, 0.1) is 6.92 Å². The maximum atomic E-state index is 13.0. The second-order valence-corrected chi connectivity index (χ2v) is 9.53. The highest BCUT2D eigenvalue weighted by atomic mass is 16.2. The first-order chi connectivity index (χ1) is 17.8. The highest BCUT2D eigenvalue weighted by Gasteiger charge is 2.23. The summed E-state index contributed by atoms with van der Waals surface area (Å²) in [6.07, 6.45) is 2.64.